The van der Waals surface area contributed by atoms with Gasteiger partial charge in [0.05, 0.1) is 6.10 Å². The molecule has 1 N–H and O–H groups in total. The van der Waals surface area contributed by atoms with Crippen LogP contribution in [-0.4, -0.2) is 11.2 Å². The van der Waals surface area contributed by atoms with Crippen LogP contribution in [0.2, 0.25) is 0 Å². The molecule has 1 rings (SSSR count). The van der Waals surface area contributed by atoms with E-state index in [0.29, 0.717) is 5.92 Å². The summed E-state index contributed by atoms with van der Waals surface area (Å²) >= 11 is 0. The van der Waals surface area contributed by atoms with Gasteiger partial charge in [-0.1, -0.05) is 44.6 Å². The monoisotopic (exact) mass is 208 g/mol. The fourth-order valence-electron chi connectivity index (χ4n) is 1.94. The number of aliphatic hydroxyl groups excluding tert-OH is 1. The lowest BCUT2D eigenvalue weighted by molar-refractivity contribution is 0.156. The molecule has 0 radical (unpaired) electrons. The maximum Gasteiger partial charge on any atom is 0.0572 e. The Balaban J connectivity index is 2.62. The van der Waals surface area contributed by atoms with Gasteiger partial charge in [-0.15, -0.1) is 0 Å². The van der Waals surface area contributed by atoms with Gasteiger partial charge in [0.1, 0.15) is 0 Å². The zero-order chi connectivity index (χ0) is 11.6. The molecule has 0 heterocycles. The van der Waals surface area contributed by atoms with E-state index in [2.05, 4.69) is 45.9 Å². The lowest BCUT2D eigenvalue weighted by Gasteiger charge is -2.27. The molecule has 15 heavy (non-hydrogen) atoms. The summed E-state index contributed by atoms with van der Waals surface area (Å²) < 4.78 is 0. The predicted octanol–water partition coefficient (Wildman–Crippen LogP) is 3.55. The quantitative estimate of drug-likeness (QED) is 0.703. The summed E-state index contributed by atoms with van der Waals surface area (Å²) in [4.78, 5) is 0. The van der Waals surface area contributed by atoms with E-state index in [1.165, 1.54) is 5.57 Å². The van der Waals surface area contributed by atoms with Crippen molar-refractivity contribution in [3.05, 3.63) is 23.8 Å². The lowest BCUT2D eigenvalue weighted by atomic mass is 9.77. The average Bonchev–Trinajstić information content (AvgIpc) is 2.39. The van der Waals surface area contributed by atoms with E-state index in [1.807, 2.05) is 6.92 Å². The molecule has 0 fully saturated rings. The van der Waals surface area contributed by atoms with E-state index < -0.39 is 0 Å². The van der Waals surface area contributed by atoms with Gasteiger partial charge < -0.3 is 5.11 Å². The van der Waals surface area contributed by atoms with Crippen LogP contribution in [0.5, 0.6) is 0 Å². The van der Waals surface area contributed by atoms with Crippen molar-refractivity contribution in [2.75, 3.05) is 0 Å². The van der Waals surface area contributed by atoms with Crippen molar-refractivity contribution in [2.45, 2.75) is 47.1 Å². The molecule has 0 saturated carbocycles. The molecule has 0 aromatic heterocycles. The first kappa shape index (κ1) is 12.5. The molecule has 0 spiro atoms. The van der Waals surface area contributed by atoms with Gasteiger partial charge in [0.2, 0.25) is 0 Å². The lowest BCUT2D eigenvalue weighted by Crippen LogP contribution is -2.19. The summed E-state index contributed by atoms with van der Waals surface area (Å²) in [5.74, 6) is 0.848. The zero-order valence-electron chi connectivity index (χ0n) is 10.6. The first-order valence-electron chi connectivity index (χ1n) is 5.89. The third kappa shape index (κ3) is 2.72. The molecule has 3 atom stereocenters. The number of hydrogen-bond acceptors (Lipinski definition) is 1. The molecule has 0 aliphatic heterocycles. The normalized spacial score (nSPS) is 29.2. The molecule has 0 bridgehead atoms. The maximum atomic E-state index is 9.41. The molecular formula is C14H24O. The van der Waals surface area contributed by atoms with Crippen molar-refractivity contribution in [3.63, 3.8) is 0 Å². The Morgan fingerprint density at radius 3 is 2.47 bits per heavy atom. The molecule has 86 valence electrons. The Hall–Kier alpha value is -0.560. The van der Waals surface area contributed by atoms with Crippen LogP contribution in [0.1, 0.15) is 41.0 Å². The highest BCUT2D eigenvalue weighted by molar-refractivity contribution is 5.22. The second-order valence-corrected chi connectivity index (χ2v) is 5.44. The number of allylic oxidation sites excluding steroid dienone is 3. The van der Waals surface area contributed by atoms with Crippen molar-refractivity contribution < 1.29 is 5.11 Å². The Morgan fingerprint density at radius 2 is 2.07 bits per heavy atom. The van der Waals surface area contributed by atoms with Crippen LogP contribution in [-0.2, 0) is 0 Å². The fourth-order valence-corrected chi connectivity index (χ4v) is 1.94. The van der Waals surface area contributed by atoms with Crippen molar-refractivity contribution in [3.8, 4) is 0 Å². The topological polar surface area (TPSA) is 20.2 Å². The summed E-state index contributed by atoms with van der Waals surface area (Å²) in [5.41, 5.74) is 1.77. The minimum absolute atomic E-state index is 0.250. The van der Waals surface area contributed by atoms with E-state index in [1.54, 1.807) is 0 Å². The van der Waals surface area contributed by atoms with E-state index in [-0.39, 0.29) is 17.4 Å². The second-order valence-electron chi connectivity index (χ2n) is 5.44. The highest BCUT2D eigenvalue weighted by Gasteiger charge is 2.32. The SMILES string of the molecule is CC1=CC[C@@H](/C=C/[C@H](C)[C@H](C)O)C1(C)C. The van der Waals surface area contributed by atoms with Gasteiger partial charge in [0.25, 0.3) is 0 Å². The summed E-state index contributed by atoms with van der Waals surface area (Å²) in [6.07, 6.45) is 7.66. The minimum Gasteiger partial charge on any atom is -0.393 e. The molecule has 0 aromatic carbocycles. The van der Waals surface area contributed by atoms with Gasteiger partial charge in [0, 0.05) is 0 Å². The average molecular weight is 208 g/mol. The molecule has 0 unspecified atom stereocenters. The smallest absolute Gasteiger partial charge is 0.0572 e. The fraction of sp³-hybridized carbons (Fsp3) is 0.714. The molecular weight excluding hydrogens is 184 g/mol. The second kappa shape index (κ2) is 4.52. The van der Waals surface area contributed by atoms with E-state index in [0.717, 1.165) is 6.42 Å². The van der Waals surface area contributed by atoms with Crippen molar-refractivity contribution in [1.82, 2.24) is 0 Å². The minimum atomic E-state index is -0.250. The van der Waals surface area contributed by atoms with Crippen LogP contribution in [0, 0.1) is 17.3 Å². The van der Waals surface area contributed by atoms with Gasteiger partial charge in [0.15, 0.2) is 0 Å². The summed E-state index contributed by atoms with van der Waals surface area (Å²) in [5, 5.41) is 9.41. The van der Waals surface area contributed by atoms with Crippen LogP contribution >= 0.6 is 0 Å². The summed E-state index contributed by atoms with van der Waals surface area (Å²) in [7, 11) is 0. The van der Waals surface area contributed by atoms with Crippen LogP contribution in [0.15, 0.2) is 23.8 Å². The predicted molar refractivity (Wildman–Crippen MR) is 65.6 cm³/mol. The highest BCUT2D eigenvalue weighted by atomic mass is 16.3. The Morgan fingerprint density at radius 1 is 1.47 bits per heavy atom. The van der Waals surface area contributed by atoms with Gasteiger partial charge >= 0.3 is 0 Å². The third-order valence-corrected chi connectivity index (χ3v) is 4.03. The van der Waals surface area contributed by atoms with Gasteiger partial charge in [-0.3, -0.25) is 0 Å². The highest BCUT2D eigenvalue weighted by Crippen LogP contribution is 2.43. The Kier molecular flexibility index (Phi) is 3.77. The van der Waals surface area contributed by atoms with Crippen molar-refractivity contribution >= 4 is 0 Å². The molecule has 0 amide bonds. The summed E-state index contributed by atoms with van der Waals surface area (Å²) in [6, 6.07) is 0. The van der Waals surface area contributed by atoms with Crippen molar-refractivity contribution in [2.24, 2.45) is 17.3 Å². The molecule has 1 aliphatic carbocycles. The number of aliphatic hydroxyl groups is 1. The molecule has 1 aliphatic rings. The van der Waals surface area contributed by atoms with E-state index >= 15 is 0 Å². The van der Waals surface area contributed by atoms with Crippen LogP contribution in [0.25, 0.3) is 0 Å². The van der Waals surface area contributed by atoms with Crippen LogP contribution in [0.3, 0.4) is 0 Å². The standard InChI is InChI=1S/C14H24O/c1-10(12(3)15)6-8-13-9-7-11(2)14(13,4)5/h6-8,10,12-13,15H,9H2,1-5H3/b8-6+/t10-,12-,13+/m0/s1. The van der Waals surface area contributed by atoms with Crippen LogP contribution < -0.4 is 0 Å². The number of rotatable bonds is 3. The molecule has 1 nitrogen and oxygen atoms in total. The first-order valence-corrected chi connectivity index (χ1v) is 5.89. The largest absolute Gasteiger partial charge is 0.393 e. The van der Waals surface area contributed by atoms with Crippen LogP contribution in [0.4, 0.5) is 0 Å². The van der Waals surface area contributed by atoms with Gasteiger partial charge in [-0.25, -0.2) is 0 Å². The summed E-state index contributed by atoms with van der Waals surface area (Å²) in [6.45, 7) is 10.7. The zero-order valence-corrected chi connectivity index (χ0v) is 10.6. The van der Waals surface area contributed by atoms with E-state index in [4.69, 9.17) is 0 Å². The third-order valence-electron chi connectivity index (χ3n) is 4.03. The van der Waals surface area contributed by atoms with Gasteiger partial charge in [-0.2, -0.15) is 0 Å². The Bertz CT molecular complexity index is 271. The van der Waals surface area contributed by atoms with E-state index in [9.17, 15) is 5.11 Å². The van der Waals surface area contributed by atoms with Crippen molar-refractivity contribution in [1.29, 1.82) is 0 Å². The van der Waals surface area contributed by atoms with Gasteiger partial charge in [-0.05, 0) is 37.5 Å². The molecule has 0 aromatic rings. The maximum absolute atomic E-state index is 9.41. The first-order chi connectivity index (χ1) is 6.85. The molecule has 1 heteroatoms. The Labute approximate surface area is 93.9 Å². The molecule has 0 saturated heterocycles. The number of hydrogen-bond donors (Lipinski definition) is 1.